The van der Waals surface area contributed by atoms with E-state index in [2.05, 4.69) is 79.8 Å². The van der Waals surface area contributed by atoms with Gasteiger partial charge < -0.3 is 4.74 Å². The van der Waals surface area contributed by atoms with Crippen LogP contribution in [0.4, 0.5) is 0 Å². The molecule has 0 radical (unpaired) electrons. The summed E-state index contributed by atoms with van der Waals surface area (Å²) in [7, 11) is 0. The lowest BCUT2D eigenvalue weighted by atomic mass is 9.80. The minimum atomic E-state index is -0.209. The summed E-state index contributed by atoms with van der Waals surface area (Å²) in [4.78, 5) is 0. The van der Waals surface area contributed by atoms with E-state index in [1.165, 1.54) is 17.6 Å². The van der Waals surface area contributed by atoms with E-state index in [0.717, 1.165) is 51.6 Å². The van der Waals surface area contributed by atoms with Gasteiger partial charge in [-0.05, 0) is 56.1 Å². The molecule has 0 saturated carbocycles. The molecule has 0 unspecified atom stereocenters. The summed E-state index contributed by atoms with van der Waals surface area (Å²) in [6.07, 6.45) is 35.9. The first-order chi connectivity index (χ1) is 14.3. The van der Waals surface area contributed by atoms with Crippen LogP contribution in [0.15, 0.2) is 95.2 Å². The number of hydrogen-bond acceptors (Lipinski definition) is 1. The lowest BCUT2D eigenvalue weighted by Crippen LogP contribution is -2.37. The van der Waals surface area contributed by atoms with Crippen molar-refractivity contribution < 1.29 is 4.74 Å². The molecule has 29 heavy (non-hydrogen) atoms. The van der Waals surface area contributed by atoms with Crippen molar-refractivity contribution in [3.63, 3.8) is 0 Å². The van der Waals surface area contributed by atoms with E-state index in [0.29, 0.717) is 5.92 Å². The van der Waals surface area contributed by atoms with E-state index in [-0.39, 0.29) is 5.60 Å². The van der Waals surface area contributed by atoms with Crippen LogP contribution in [0.3, 0.4) is 0 Å². The molecule has 0 aliphatic heterocycles. The third kappa shape index (κ3) is 4.41. The fraction of sp³-hybridized carbons (Fsp3) is 0.429. The predicted octanol–water partition coefficient (Wildman–Crippen LogP) is 7.48. The van der Waals surface area contributed by atoms with Crippen LogP contribution in [0, 0.1) is 5.92 Å². The second-order valence-corrected chi connectivity index (χ2v) is 8.52. The largest absolute Gasteiger partial charge is 0.366 e. The number of ether oxygens (including phenoxy) is 1. The van der Waals surface area contributed by atoms with Crippen LogP contribution in [0.25, 0.3) is 0 Å². The van der Waals surface area contributed by atoms with Crippen LogP contribution in [0.2, 0.25) is 0 Å². The summed E-state index contributed by atoms with van der Waals surface area (Å²) >= 11 is 0. The molecule has 0 aromatic carbocycles. The van der Waals surface area contributed by atoms with E-state index >= 15 is 0 Å². The van der Waals surface area contributed by atoms with Crippen molar-refractivity contribution >= 4 is 0 Å². The average molecular weight is 387 g/mol. The lowest BCUT2D eigenvalue weighted by molar-refractivity contribution is -0.00101. The van der Waals surface area contributed by atoms with Gasteiger partial charge in [-0.15, -0.1) is 0 Å². The van der Waals surface area contributed by atoms with Crippen LogP contribution in [0.5, 0.6) is 0 Å². The number of rotatable bonds is 11. The molecule has 1 nitrogen and oxygen atoms in total. The first-order valence-corrected chi connectivity index (χ1v) is 11.4. The molecular weight excluding hydrogens is 352 g/mol. The van der Waals surface area contributed by atoms with E-state index in [4.69, 9.17) is 4.74 Å². The predicted molar refractivity (Wildman–Crippen MR) is 124 cm³/mol. The van der Waals surface area contributed by atoms with Gasteiger partial charge in [-0.1, -0.05) is 97.4 Å². The molecule has 0 aromatic heterocycles. The van der Waals surface area contributed by atoms with E-state index in [1.807, 2.05) is 0 Å². The van der Waals surface area contributed by atoms with Gasteiger partial charge in [-0.2, -0.15) is 0 Å². The number of allylic oxidation sites excluding steroid dienone is 14. The average Bonchev–Trinajstić information content (AvgIpc) is 3.54. The summed E-state index contributed by atoms with van der Waals surface area (Å²) in [6.45, 7) is 3.10. The minimum Gasteiger partial charge on any atom is -0.366 e. The molecule has 0 spiro atoms. The van der Waals surface area contributed by atoms with Gasteiger partial charge in [0, 0.05) is 12.5 Å². The second-order valence-electron chi connectivity index (χ2n) is 8.52. The van der Waals surface area contributed by atoms with Crippen molar-refractivity contribution in [2.45, 2.75) is 63.9 Å². The van der Waals surface area contributed by atoms with Gasteiger partial charge in [-0.3, -0.25) is 0 Å². The van der Waals surface area contributed by atoms with E-state index in [9.17, 15) is 0 Å². The van der Waals surface area contributed by atoms with Crippen molar-refractivity contribution in [1.82, 2.24) is 0 Å². The van der Waals surface area contributed by atoms with Gasteiger partial charge in [0.15, 0.2) is 0 Å². The molecule has 4 aliphatic rings. The Kier molecular flexibility index (Phi) is 6.67. The maximum atomic E-state index is 6.83. The van der Waals surface area contributed by atoms with Gasteiger partial charge in [0.05, 0.1) is 0 Å². The molecule has 0 fully saturated rings. The maximum Gasteiger partial charge on any atom is 0.111 e. The van der Waals surface area contributed by atoms with Crippen molar-refractivity contribution in [2.75, 3.05) is 6.61 Å². The van der Waals surface area contributed by atoms with Crippen LogP contribution in [0.1, 0.15) is 58.3 Å². The zero-order valence-corrected chi connectivity index (χ0v) is 17.8. The fourth-order valence-electron chi connectivity index (χ4n) is 5.22. The topological polar surface area (TPSA) is 9.23 Å². The monoisotopic (exact) mass is 386 g/mol. The molecular formula is C28H34O. The van der Waals surface area contributed by atoms with Crippen molar-refractivity contribution in [2.24, 2.45) is 5.92 Å². The van der Waals surface area contributed by atoms with Gasteiger partial charge in [0.1, 0.15) is 5.60 Å². The molecule has 4 rings (SSSR count). The minimum absolute atomic E-state index is 0.209. The summed E-state index contributed by atoms with van der Waals surface area (Å²) < 4.78 is 6.83. The molecule has 0 N–H and O–H groups in total. The zero-order valence-electron chi connectivity index (χ0n) is 17.8. The Morgan fingerprint density at radius 3 is 1.79 bits per heavy atom. The lowest BCUT2D eigenvalue weighted by Gasteiger charge is -2.37. The van der Waals surface area contributed by atoms with Gasteiger partial charge in [0.2, 0.25) is 0 Å². The van der Waals surface area contributed by atoms with Gasteiger partial charge in [-0.25, -0.2) is 0 Å². The molecule has 0 saturated heterocycles. The normalized spacial score (nSPS) is 20.1. The summed E-state index contributed by atoms with van der Waals surface area (Å²) in [5, 5.41) is 0. The quantitative estimate of drug-likeness (QED) is 0.334. The van der Waals surface area contributed by atoms with Crippen LogP contribution < -0.4 is 0 Å². The highest BCUT2D eigenvalue weighted by Crippen LogP contribution is 2.42. The van der Waals surface area contributed by atoms with E-state index < -0.39 is 0 Å². The molecule has 4 aliphatic carbocycles. The summed E-state index contributed by atoms with van der Waals surface area (Å²) in [5.41, 5.74) is 5.82. The molecule has 0 amide bonds. The third-order valence-corrected chi connectivity index (χ3v) is 6.66. The van der Waals surface area contributed by atoms with Crippen molar-refractivity contribution in [1.29, 1.82) is 0 Å². The number of hydrogen-bond donors (Lipinski definition) is 0. The highest BCUT2D eigenvalue weighted by atomic mass is 16.5. The zero-order chi connectivity index (χ0) is 19.9. The van der Waals surface area contributed by atoms with Gasteiger partial charge >= 0.3 is 0 Å². The molecule has 152 valence electrons. The Bertz CT molecular complexity index is 778. The van der Waals surface area contributed by atoms with Crippen molar-refractivity contribution in [3.05, 3.63) is 95.2 Å². The molecule has 0 heterocycles. The first kappa shape index (κ1) is 20.2. The Morgan fingerprint density at radius 1 is 0.793 bits per heavy atom. The molecule has 0 atom stereocenters. The Labute approximate surface area is 176 Å². The smallest absolute Gasteiger partial charge is 0.111 e. The highest BCUT2D eigenvalue weighted by Gasteiger charge is 2.38. The van der Waals surface area contributed by atoms with Crippen LogP contribution in [-0.4, -0.2) is 12.2 Å². The first-order valence-electron chi connectivity index (χ1n) is 11.4. The summed E-state index contributed by atoms with van der Waals surface area (Å²) in [5.74, 6) is 0.573. The summed E-state index contributed by atoms with van der Waals surface area (Å²) in [6, 6.07) is 0. The van der Waals surface area contributed by atoms with Crippen molar-refractivity contribution in [3.8, 4) is 0 Å². The Hall–Kier alpha value is -2.12. The van der Waals surface area contributed by atoms with Gasteiger partial charge in [0.25, 0.3) is 0 Å². The van der Waals surface area contributed by atoms with Crippen LogP contribution >= 0.6 is 0 Å². The van der Waals surface area contributed by atoms with E-state index in [1.54, 1.807) is 11.1 Å². The fourth-order valence-corrected chi connectivity index (χ4v) is 5.22. The Morgan fingerprint density at radius 2 is 1.34 bits per heavy atom. The second kappa shape index (κ2) is 9.59. The molecule has 1 heteroatoms. The highest BCUT2D eigenvalue weighted by molar-refractivity contribution is 5.44. The molecule has 0 bridgehead atoms. The maximum absolute atomic E-state index is 6.83. The third-order valence-electron chi connectivity index (χ3n) is 6.66. The Balaban J connectivity index is 1.42. The molecule has 0 aromatic rings. The standard InChI is InChI=1S/C28H34O/c1-2-21-28(25-16-7-8-17-25,26-18-9-10-19-26)29-22-11-20-27(23-12-3-4-13-23)24-14-5-6-15-24/h3-10,12,14,16,18,27H,2,11,13,15,17,19-22H2,1H3. The van der Waals surface area contributed by atoms with Crippen LogP contribution in [-0.2, 0) is 4.74 Å². The SMILES string of the molecule is CCCC(OCCCC(C1=CC=CC1)C1=CC=CC1)(C1=CC=CC1)C1=CC=CC1.